The Morgan fingerprint density at radius 3 is 2.88 bits per heavy atom. The van der Waals surface area contributed by atoms with Gasteiger partial charge in [-0.1, -0.05) is 6.92 Å². The van der Waals surface area contributed by atoms with Crippen LogP contribution in [0.5, 0.6) is 11.5 Å². The summed E-state index contributed by atoms with van der Waals surface area (Å²) in [7, 11) is 0. The molecule has 1 unspecified atom stereocenters. The minimum Gasteiger partial charge on any atom is -0.462 e. The van der Waals surface area contributed by atoms with Gasteiger partial charge in [0.25, 0.3) is 0 Å². The monoisotopic (exact) mass is 457 g/mol. The molecule has 2 amide bonds. The van der Waals surface area contributed by atoms with Gasteiger partial charge in [-0.25, -0.2) is 10.2 Å². The first-order chi connectivity index (χ1) is 15.5. The van der Waals surface area contributed by atoms with Crippen molar-refractivity contribution >= 4 is 40.3 Å². The number of benzene rings is 1. The van der Waals surface area contributed by atoms with Crippen LogP contribution in [-0.2, 0) is 27.2 Å². The summed E-state index contributed by atoms with van der Waals surface area (Å²) in [5, 5.41) is 6.72. The van der Waals surface area contributed by atoms with Crippen LogP contribution in [0.2, 0.25) is 0 Å². The molecule has 0 bridgehead atoms. The van der Waals surface area contributed by atoms with Crippen molar-refractivity contribution in [2.45, 2.75) is 33.1 Å². The Bertz CT molecular complexity index is 1090. The third-order valence-electron chi connectivity index (χ3n) is 5.20. The smallest absolute Gasteiger partial charge is 0.341 e. The number of fused-ring (bicyclic) bond motifs is 2. The zero-order valence-electron chi connectivity index (χ0n) is 17.7. The van der Waals surface area contributed by atoms with Crippen molar-refractivity contribution in [2.24, 2.45) is 11.0 Å². The van der Waals surface area contributed by atoms with E-state index in [9.17, 15) is 14.4 Å². The van der Waals surface area contributed by atoms with E-state index in [2.05, 4.69) is 22.8 Å². The number of thiophene rings is 1. The highest BCUT2D eigenvalue weighted by molar-refractivity contribution is 7.17. The summed E-state index contributed by atoms with van der Waals surface area (Å²) < 4.78 is 15.7. The number of hydrogen-bond donors (Lipinski definition) is 2. The lowest BCUT2D eigenvalue weighted by Crippen LogP contribution is -2.32. The van der Waals surface area contributed by atoms with Crippen molar-refractivity contribution in [3.8, 4) is 11.5 Å². The maximum Gasteiger partial charge on any atom is 0.341 e. The molecule has 0 radical (unpaired) electrons. The second kappa shape index (κ2) is 9.39. The Hall–Kier alpha value is -3.40. The number of ether oxygens (including phenoxy) is 3. The zero-order valence-corrected chi connectivity index (χ0v) is 18.5. The molecule has 1 aromatic heterocycles. The summed E-state index contributed by atoms with van der Waals surface area (Å²) in [5.41, 5.74) is 4.12. The Balaban J connectivity index is 1.43. The van der Waals surface area contributed by atoms with Crippen LogP contribution in [0, 0.1) is 5.92 Å². The number of amides is 2. The molecule has 9 nitrogen and oxygen atoms in total. The second-order valence-corrected chi connectivity index (χ2v) is 8.65. The van der Waals surface area contributed by atoms with E-state index in [-0.39, 0.29) is 13.4 Å². The van der Waals surface area contributed by atoms with Gasteiger partial charge in [-0.15, -0.1) is 11.3 Å². The quantitative estimate of drug-likeness (QED) is 0.309. The highest BCUT2D eigenvalue weighted by Crippen LogP contribution is 2.40. The lowest BCUT2D eigenvalue weighted by Gasteiger charge is -2.18. The van der Waals surface area contributed by atoms with E-state index >= 15 is 0 Å². The summed E-state index contributed by atoms with van der Waals surface area (Å²) in [4.78, 5) is 38.2. The predicted octanol–water partition coefficient (Wildman–Crippen LogP) is 2.87. The minimum absolute atomic E-state index is 0.158. The van der Waals surface area contributed by atoms with E-state index in [1.165, 1.54) is 17.6 Å². The van der Waals surface area contributed by atoms with Crippen LogP contribution in [0.15, 0.2) is 23.3 Å². The van der Waals surface area contributed by atoms with E-state index in [4.69, 9.17) is 14.2 Å². The lowest BCUT2D eigenvalue weighted by atomic mass is 9.88. The molecule has 1 aromatic carbocycles. The first-order valence-corrected chi connectivity index (χ1v) is 11.1. The van der Waals surface area contributed by atoms with Gasteiger partial charge in [0.15, 0.2) is 11.5 Å². The van der Waals surface area contributed by atoms with Crippen molar-refractivity contribution in [1.29, 1.82) is 0 Å². The molecule has 0 fully saturated rings. The minimum atomic E-state index is -0.948. The molecular formula is C22H23N3O6S. The Labute approximate surface area is 188 Å². The average Bonchev–Trinajstić information content (AvgIpc) is 3.37. The number of anilines is 1. The summed E-state index contributed by atoms with van der Waals surface area (Å²) in [5.74, 6) is -0.636. The number of carbonyl (C=O) groups is 3. The highest BCUT2D eigenvalue weighted by atomic mass is 32.1. The van der Waals surface area contributed by atoms with Gasteiger partial charge in [-0.05, 0) is 61.4 Å². The van der Waals surface area contributed by atoms with Gasteiger partial charge >= 0.3 is 17.8 Å². The first kappa shape index (κ1) is 21.8. The fourth-order valence-corrected chi connectivity index (χ4v) is 5.02. The topological polar surface area (TPSA) is 115 Å². The number of hydrazone groups is 1. The number of hydrogen-bond acceptors (Lipinski definition) is 8. The molecule has 168 valence electrons. The molecule has 2 heterocycles. The van der Waals surface area contributed by atoms with Gasteiger partial charge < -0.3 is 19.5 Å². The van der Waals surface area contributed by atoms with E-state index in [1.54, 1.807) is 25.1 Å². The third kappa shape index (κ3) is 4.59. The molecule has 1 aliphatic heterocycles. The third-order valence-corrected chi connectivity index (χ3v) is 6.37. The van der Waals surface area contributed by atoms with Crippen LogP contribution in [-0.4, -0.2) is 37.4 Å². The molecule has 1 aliphatic carbocycles. The molecule has 2 N–H and O–H groups in total. The van der Waals surface area contributed by atoms with Gasteiger partial charge in [-0.3, -0.25) is 9.59 Å². The van der Waals surface area contributed by atoms with E-state index in [0.717, 1.165) is 29.7 Å². The number of carbonyl (C=O) groups excluding carboxylic acids is 3. The van der Waals surface area contributed by atoms with Crippen molar-refractivity contribution in [1.82, 2.24) is 5.43 Å². The normalized spacial score (nSPS) is 16.5. The largest absolute Gasteiger partial charge is 0.462 e. The van der Waals surface area contributed by atoms with Crippen LogP contribution in [0.4, 0.5) is 5.00 Å². The van der Waals surface area contributed by atoms with Crippen LogP contribution in [0.1, 0.15) is 46.6 Å². The van der Waals surface area contributed by atoms with Gasteiger partial charge in [0, 0.05) is 4.88 Å². The number of rotatable bonds is 5. The van der Waals surface area contributed by atoms with Crippen molar-refractivity contribution in [3.05, 3.63) is 39.8 Å². The fourth-order valence-electron chi connectivity index (χ4n) is 3.63. The predicted molar refractivity (Wildman–Crippen MR) is 118 cm³/mol. The summed E-state index contributed by atoms with van der Waals surface area (Å²) in [6, 6.07) is 5.18. The Morgan fingerprint density at radius 2 is 2.06 bits per heavy atom. The van der Waals surface area contributed by atoms with Gasteiger partial charge in [0.05, 0.1) is 18.4 Å². The van der Waals surface area contributed by atoms with E-state index < -0.39 is 17.8 Å². The Kier molecular flexibility index (Phi) is 6.40. The standard InChI is InChI=1S/C22H23N3O6S/c1-3-29-22(28)18-14-6-4-12(2)8-17(14)32-21(18)24-19(26)20(27)25-23-10-13-5-7-15-16(9-13)31-11-30-15/h5,7,9-10,12H,3-4,6,8,11H2,1-2H3,(H,24,26)(H,25,27). The highest BCUT2D eigenvalue weighted by Gasteiger charge is 2.30. The first-order valence-electron chi connectivity index (χ1n) is 10.3. The maximum atomic E-state index is 12.5. The number of nitrogens with one attached hydrogen (secondary N) is 2. The molecule has 32 heavy (non-hydrogen) atoms. The van der Waals surface area contributed by atoms with E-state index in [0.29, 0.717) is 33.5 Å². The summed E-state index contributed by atoms with van der Waals surface area (Å²) in [6.07, 6.45) is 3.92. The second-order valence-electron chi connectivity index (χ2n) is 7.54. The number of nitrogens with zero attached hydrogens (tertiary/aromatic N) is 1. The maximum absolute atomic E-state index is 12.5. The summed E-state index contributed by atoms with van der Waals surface area (Å²) in [6.45, 7) is 4.26. The van der Waals surface area contributed by atoms with Gasteiger partial charge in [0.2, 0.25) is 6.79 Å². The van der Waals surface area contributed by atoms with Crippen LogP contribution in [0.25, 0.3) is 0 Å². The summed E-state index contributed by atoms with van der Waals surface area (Å²) >= 11 is 1.32. The van der Waals surface area contributed by atoms with Crippen LogP contribution in [0.3, 0.4) is 0 Å². The molecule has 0 saturated heterocycles. The van der Waals surface area contributed by atoms with Gasteiger partial charge in [-0.2, -0.15) is 5.10 Å². The molecule has 2 aliphatic rings. The zero-order chi connectivity index (χ0) is 22.7. The Morgan fingerprint density at radius 1 is 1.25 bits per heavy atom. The van der Waals surface area contributed by atoms with Gasteiger partial charge in [0.1, 0.15) is 5.00 Å². The van der Waals surface area contributed by atoms with Crippen LogP contribution >= 0.6 is 11.3 Å². The molecule has 10 heteroatoms. The molecule has 1 atom stereocenters. The van der Waals surface area contributed by atoms with E-state index in [1.807, 2.05) is 0 Å². The lowest BCUT2D eigenvalue weighted by molar-refractivity contribution is -0.136. The fraction of sp³-hybridized carbons (Fsp3) is 0.364. The van der Waals surface area contributed by atoms with Crippen molar-refractivity contribution < 1.29 is 28.6 Å². The molecule has 0 spiro atoms. The molecule has 2 aromatic rings. The SMILES string of the molecule is CCOC(=O)c1c(NC(=O)C(=O)NN=Cc2ccc3c(c2)OCO3)sc2c1CCC(C)C2. The van der Waals surface area contributed by atoms with Crippen molar-refractivity contribution in [3.63, 3.8) is 0 Å². The molecule has 0 saturated carbocycles. The number of esters is 1. The van der Waals surface area contributed by atoms with Crippen LogP contribution < -0.4 is 20.2 Å². The average molecular weight is 458 g/mol. The molecule has 4 rings (SSSR count). The van der Waals surface area contributed by atoms with Crippen molar-refractivity contribution in [2.75, 3.05) is 18.7 Å². The molecular weight excluding hydrogens is 434 g/mol.